The van der Waals surface area contributed by atoms with E-state index in [0.717, 1.165) is 6.42 Å². The van der Waals surface area contributed by atoms with E-state index in [1.165, 1.54) is 12.1 Å². The number of amides is 2. The average Bonchev–Trinajstić information content (AvgIpc) is 3.04. The lowest BCUT2D eigenvalue weighted by Gasteiger charge is -2.35. The molecule has 0 radical (unpaired) electrons. The summed E-state index contributed by atoms with van der Waals surface area (Å²) in [5.41, 5.74) is 0.751. The van der Waals surface area contributed by atoms with Gasteiger partial charge in [-0.15, -0.1) is 0 Å². The van der Waals surface area contributed by atoms with Gasteiger partial charge >= 0.3 is 5.97 Å². The normalized spacial score (nSPS) is 22.9. The van der Waals surface area contributed by atoms with Crippen LogP contribution in [-0.4, -0.2) is 61.1 Å². The number of hydrogen-bond donors (Lipinski definition) is 0. The molecule has 146 valence electrons. The van der Waals surface area contributed by atoms with E-state index in [1.807, 2.05) is 13.8 Å². The van der Waals surface area contributed by atoms with E-state index in [2.05, 4.69) is 0 Å². The van der Waals surface area contributed by atoms with Gasteiger partial charge in [0.2, 0.25) is 5.91 Å². The first-order chi connectivity index (χ1) is 12.8. The third kappa shape index (κ3) is 4.59. The van der Waals surface area contributed by atoms with Crippen molar-refractivity contribution in [3.8, 4) is 0 Å². The fourth-order valence-corrected chi connectivity index (χ4v) is 3.65. The van der Waals surface area contributed by atoms with E-state index < -0.39 is 5.97 Å². The van der Waals surface area contributed by atoms with Crippen molar-refractivity contribution in [2.24, 2.45) is 0 Å². The maximum atomic E-state index is 12.4. The Balaban J connectivity index is 1.63. The molecule has 2 heterocycles. The Hall–Kier alpha value is -2.12. The first kappa shape index (κ1) is 19.6. The van der Waals surface area contributed by atoms with E-state index >= 15 is 0 Å². The van der Waals surface area contributed by atoms with Gasteiger partial charge in [-0.1, -0.05) is 11.6 Å². The topological polar surface area (TPSA) is 76.2 Å². The minimum atomic E-state index is -0.623. The quantitative estimate of drug-likeness (QED) is 0.732. The lowest BCUT2D eigenvalue weighted by atomic mass is 10.2. The van der Waals surface area contributed by atoms with Gasteiger partial charge in [0.1, 0.15) is 0 Å². The number of carbonyl (C=O) groups excluding carboxylic acids is 3. The van der Waals surface area contributed by atoms with Gasteiger partial charge < -0.3 is 19.3 Å². The summed E-state index contributed by atoms with van der Waals surface area (Å²) in [6.07, 6.45) is 1.13. The molecule has 2 amide bonds. The minimum Gasteiger partial charge on any atom is -0.452 e. The maximum absolute atomic E-state index is 12.4. The molecule has 3 rings (SSSR count). The fourth-order valence-electron chi connectivity index (χ4n) is 3.43. The zero-order chi connectivity index (χ0) is 19.6. The summed E-state index contributed by atoms with van der Waals surface area (Å²) in [7, 11) is 0. The van der Waals surface area contributed by atoms with Crippen molar-refractivity contribution >= 4 is 35.1 Å². The highest BCUT2D eigenvalue weighted by Gasteiger charge is 2.27. The molecular formula is C19H23ClN2O5. The van der Waals surface area contributed by atoms with Crippen LogP contribution in [0.25, 0.3) is 0 Å². The molecule has 27 heavy (non-hydrogen) atoms. The largest absolute Gasteiger partial charge is 0.452 e. The van der Waals surface area contributed by atoms with Crippen LogP contribution in [0.5, 0.6) is 0 Å². The van der Waals surface area contributed by atoms with Crippen molar-refractivity contribution in [2.45, 2.75) is 38.9 Å². The molecule has 0 bridgehead atoms. The summed E-state index contributed by atoms with van der Waals surface area (Å²) < 4.78 is 10.8. The zero-order valence-corrected chi connectivity index (χ0v) is 16.2. The van der Waals surface area contributed by atoms with Gasteiger partial charge in [-0.2, -0.15) is 0 Å². The summed E-state index contributed by atoms with van der Waals surface area (Å²) in [4.78, 5) is 39.8. The third-order valence-electron chi connectivity index (χ3n) is 4.65. The molecule has 2 fully saturated rings. The van der Waals surface area contributed by atoms with E-state index in [0.29, 0.717) is 36.8 Å². The molecule has 0 saturated carbocycles. The molecule has 7 nitrogen and oxygen atoms in total. The molecule has 2 atom stereocenters. The second-order valence-corrected chi connectivity index (χ2v) is 7.35. The average molecular weight is 395 g/mol. The lowest BCUT2D eigenvalue weighted by Crippen LogP contribution is -2.49. The first-order valence-corrected chi connectivity index (χ1v) is 9.43. The highest BCUT2D eigenvalue weighted by atomic mass is 35.5. The number of halogens is 1. The molecule has 0 unspecified atom stereocenters. The Labute approximate surface area is 163 Å². The molecule has 0 N–H and O–H groups in total. The molecule has 8 heteroatoms. The monoisotopic (exact) mass is 394 g/mol. The summed E-state index contributed by atoms with van der Waals surface area (Å²) in [6.45, 7) is 4.99. The standard InChI is InChI=1S/C19H23ClN2O5/c1-12-9-21(10-13(2)27-12)18(24)11-26-19(25)14-5-6-15(20)16(8-14)22-7-3-4-17(22)23/h5-6,8,12-13H,3-4,7,9-11H2,1-2H3/t12-,13-/m1/s1. The smallest absolute Gasteiger partial charge is 0.338 e. The first-order valence-electron chi connectivity index (χ1n) is 9.05. The molecule has 2 aliphatic rings. The van der Waals surface area contributed by atoms with Gasteiger partial charge in [-0.05, 0) is 38.5 Å². The van der Waals surface area contributed by atoms with Crippen molar-refractivity contribution in [1.29, 1.82) is 0 Å². The van der Waals surface area contributed by atoms with Crippen molar-refractivity contribution in [2.75, 3.05) is 31.1 Å². The Morgan fingerprint density at radius 1 is 1.26 bits per heavy atom. The van der Waals surface area contributed by atoms with Crippen LogP contribution < -0.4 is 4.90 Å². The van der Waals surface area contributed by atoms with Crippen LogP contribution in [0, 0.1) is 0 Å². The molecule has 0 aliphatic carbocycles. The number of rotatable bonds is 4. The number of nitrogens with zero attached hydrogens (tertiary/aromatic N) is 2. The molecule has 1 aromatic carbocycles. The summed E-state index contributed by atoms with van der Waals surface area (Å²) in [5.74, 6) is -0.898. The summed E-state index contributed by atoms with van der Waals surface area (Å²) in [6, 6.07) is 4.63. The van der Waals surface area contributed by atoms with Gasteiger partial charge in [0, 0.05) is 26.1 Å². The molecule has 0 spiro atoms. The third-order valence-corrected chi connectivity index (χ3v) is 4.96. The van der Waals surface area contributed by atoms with Crippen LogP contribution in [0.2, 0.25) is 5.02 Å². The van der Waals surface area contributed by atoms with Crippen molar-refractivity contribution in [3.63, 3.8) is 0 Å². The van der Waals surface area contributed by atoms with E-state index in [1.54, 1.807) is 15.9 Å². The van der Waals surface area contributed by atoms with Gasteiger partial charge in [-0.3, -0.25) is 9.59 Å². The van der Waals surface area contributed by atoms with Gasteiger partial charge in [0.05, 0.1) is 28.5 Å². The highest BCUT2D eigenvalue weighted by Crippen LogP contribution is 2.30. The molecular weight excluding hydrogens is 372 g/mol. The Morgan fingerprint density at radius 2 is 1.96 bits per heavy atom. The second kappa shape index (κ2) is 8.27. The van der Waals surface area contributed by atoms with Crippen molar-refractivity contribution in [3.05, 3.63) is 28.8 Å². The maximum Gasteiger partial charge on any atom is 0.338 e. The number of esters is 1. The molecule has 1 aromatic rings. The zero-order valence-electron chi connectivity index (χ0n) is 15.4. The minimum absolute atomic E-state index is 0.0202. The van der Waals surface area contributed by atoms with E-state index in [9.17, 15) is 14.4 Å². The number of hydrogen-bond acceptors (Lipinski definition) is 5. The van der Waals surface area contributed by atoms with Crippen molar-refractivity contribution in [1.82, 2.24) is 4.90 Å². The molecule has 0 aromatic heterocycles. The number of ether oxygens (including phenoxy) is 2. The number of anilines is 1. The fraction of sp³-hybridized carbons (Fsp3) is 0.526. The Kier molecular flexibility index (Phi) is 6.01. The van der Waals surface area contributed by atoms with Crippen LogP contribution >= 0.6 is 11.6 Å². The summed E-state index contributed by atoms with van der Waals surface area (Å²) in [5, 5.41) is 0.397. The van der Waals surface area contributed by atoms with Gasteiger partial charge in [0.15, 0.2) is 6.61 Å². The predicted octanol–water partition coefficient (Wildman–Crippen LogP) is 2.26. The van der Waals surface area contributed by atoms with E-state index in [-0.39, 0.29) is 36.2 Å². The van der Waals surface area contributed by atoms with Gasteiger partial charge in [-0.25, -0.2) is 4.79 Å². The second-order valence-electron chi connectivity index (χ2n) is 6.95. The SMILES string of the molecule is C[C@@H]1CN(C(=O)COC(=O)c2ccc(Cl)c(N3CCCC3=O)c2)C[C@@H](C)O1. The summed E-state index contributed by atoms with van der Waals surface area (Å²) >= 11 is 6.18. The van der Waals surface area contributed by atoms with Gasteiger partial charge in [0.25, 0.3) is 5.91 Å². The molecule has 2 aliphatic heterocycles. The van der Waals surface area contributed by atoms with E-state index in [4.69, 9.17) is 21.1 Å². The van der Waals surface area contributed by atoms with Crippen LogP contribution in [-0.2, 0) is 19.1 Å². The number of carbonyl (C=O) groups is 3. The predicted molar refractivity (Wildman–Crippen MR) is 99.9 cm³/mol. The van der Waals surface area contributed by atoms with Crippen LogP contribution in [0.4, 0.5) is 5.69 Å². The van der Waals surface area contributed by atoms with Crippen molar-refractivity contribution < 1.29 is 23.9 Å². The molecule has 2 saturated heterocycles. The van der Waals surface area contributed by atoms with Crippen LogP contribution in [0.3, 0.4) is 0 Å². The lowest BCUT2D eigenvalue weighted by molar-refractivity contribution is -0.146. The Bertz CT molecular complexity index is 744. The highest BCUT2D eigenvalue weighted by molar-refractivity contribution is 6.34. The van der Waals surface area contributed by atoms with Crippen LogP contribution in [0.15, 0.2) is 18.2 Å². The number of benzene rings is 1. The Morgan fingerprint density at radius 3 is 2.59 bits per heavy atom. The number of morpholine rings is 1. The van der Waals surface area contributed by atoms with Crippen LogP contribution in [0.1, 0.15) is 37.0 Å².